The highest BCUT2D eigenvalue weighted by atomic mass is 35.5. The monoisotopic (exact) mass is 485 g/mol. The molecule has 8 nitrogen and oxygen atoms in total. The first-order valence-corrected chi connectivity index (χ1v) is 11.8. The summed E-state index contributed by atoms with van der Waals surface area (Å²) in [5.41, 5.74) is 5.30. The molecule has 156 valence electrons. The lowest BCUT2D eigenvalue weighted by Gasteiger charge is -2.13. The van der Waals surface area contributed by atoms with Crippen molar-refractivity contribution in [2.24, 2.45) is 10.9 Å². The zero-order valence-corrected chi connectivity index (χ0v) is 18.1. The van der Waals surface area contributed by atoms with Crippen LogP contribution in [-0.4, -0.2) is 27.7 Å². The minimum Gasteiger partial charge on any atom is -0.364 e. The number of sulfonamides is 1. The molecule has 0 saturated carbocycles. The Bertz CT molecular complexity index is 1390. The normalized spacial score (nSPS) is 12.0. The second kappa shape index (κ2) is 7.97. The second-order valence-corrected chi connectivity index (χ2v) is 10.2. The van der Waals surface area contributed by atoms with Crippen molar-refractivity contribution in [1.82, 2.24) is 4.98 Å². The van der Waals surface area contributed by atoms with E-state index in [0.717, 1.165) is 18.2 Å². The number of carbonyl (C=O) groups excluding carboxylic acids is 1. The topological polar surface area (TPSA) is 150 Å². The third kappa shape index (κ3) is 4.05. The summed E-state index contributed by atoms with van der Waals surface area (Å²) in [6, 6.07) is 10.6. The predicted molar refractivity (Wildman–Crippen MR) is 111 cm³/mol. The molecule has 0 unspecified atom stereocenters. The standard InChI is InChI=1S/C18H13Cl2N3O5S2/c19-12-5-3-4-11(16(12)20)10-8-15(17(18(21)24)23-9-10)29(25,26)13-6-1-2-7-14(13)30(22,27)28/h1-9H,(H2,21,24)(H2,22,27,28). The summed E-state index contributed by atoms with van der Waals surface area (Å²) >= 11 is 12.2. The Hall–Kier alpha value is -2.50. The van der Waals surface area contributed by atoms with Crippen LogP contribution in [0.1, 0.15) is 10.5 Å². The lowest BCUT2D eigenvalue weighted by molar-refractivity contribution is 0.0992. The van der Waals surface area contributed by atoms with Crippen LogP contribution in [-0.2, 0) is 19.9 Å². The molecule has 1 aromatic heterocycles. The largest absolute Gasteiger partial charge is 0.364 e. The van der Waals surface area contributed by atoms with E-state index in [-0.39, 0.29) is 15.6 Å². The molecular formula is C18H13Cl2N3O5S2. The highest BCUT2D eigenvalue weighted by Gasteiger charge is 2.30. The van der Waals surface area contributed by atoms with Crippen LogP contribution in [0.4, 0.5) is 0 Å². The number of hydrogen-bond donors (Lipinski definition) is 2. The fourth-order valence-electron chi connectivity index (χ4n) is 2.73. The number of sulfone groups is 1. The summed E-state index contributed by atoms with van der Waals surface area (Å²) < 4.78 is 50.5. The quantitative estimate of drug-likeness (QED) is 0.566. The SMILES string of the molecule is NC(=O)c1ncc(-c2cccc(Cl)c2Cl)cc1S(=O)(=O)c1ccccc1S(N)(=O)=O. The van der Waals surface area contributed by atoms with Gasteiger partial charge >= 0.3 is 0 Å². The second-order valence-electron chi connectivity index (χ2n) is 6.03. The van der Waals surface area contributed by atoms with Gasteiger partial charge in [-0.2, -0.15) is 0 Å². The van der Waals surface area contributed by atoms with Crippen LogP contribution in [0.25, 0.3) is 11.1 Å². The highest BCUT2D eigenvalue weighted by molar-refractivity contribution is 7.93. The van der Waals surface area contributed by atoms with Crippen molar-refractivity contribution in [2.75, 3.05) is 0 Å². The predicted octanol–water partition coefficient (Wildman–Crippen LogP) is 2.63. The first-order chi connectivity index (χ1) is 13.9. The Labute approximate surface area is 182 Å². The van der Waals surface area contributed by atoms with E-state index in [2.05, 4.69) is 4.98 Å². The lowest BCUT2D eigenvalue weighted by Crippen LogP contribution is -2.21. The van der Waals surface area contributed by atoms with Gasteiger partial charge in [0, 0.05) is 17.3 Å². The van der Waals surface area contributed by atoms with Gasteiger partial charge < -0.3 is 5.73 Å². The zero-order chi connectivity index (χ0) is 22.3. The van der Waals surface area contributed by atoms with Crippen molar-refractivity contribution in [3.63, 3.8) is 0 Å². The Balaban J connectivity index is 2.35. The number of halogens is 2. The number of pyridine rings is 1. The number of hydrogen-bond acceptors (Lipinski definition) is 6. The van der Waals surface area contributed by atoms with Gasteiger partial charge in [0.15, 0.2) is 0 Å². The summed E-state index contributed by atoms with van der Waals surface area (Å²) in [7, 11) is -8.97. The van der Waals surface area contributed by atoms with Crippen LogP contribution in [0, 0.1) is 0 Å². The molecule has 3 aromatic rings. The highest BCUT2D eigenvalue weighted by Crippen LogP contribution is 2.36. The van der Waals surface area contributed by atoms with Crippen molar-refractivity contribution in [2.45, 2.75) is 14.7 Å². The van der Waals surface area contributed by atoms with Gasteiger partial charge in [0.1, 0.15) is 15.5 Å². The van der Waals surface area contributed by atoms with Crippen LogP contribution in [0.2, 0.25) is 10.0 Å². The average molecular weight is 486 g/mol. The summed E-state index contributed by atoms with van der Waals surface area (Å²) in [6.45, 7) is 0. The molecule has 0 aliphatic heterocycles. The summed E-state index contributed by atoms with van der Waals surface area (Å²) in [5, 5.41) is 5.52. The number of rotatable bonds is 5. The molecule has 4 N–H and O–H groups in total. The first-order valence-electron chi connectivity index (χ1n) is 8.05. The van der Waals surface area contributed by atoms with Crippen LogP contribution < -0.4 is 10.9 Å². The average Bonchev–Trinajstić information content (AvgIpc) is 2.69. The number of nitrogens with two attached hydrogens (primary N) is 2. The molecule has 0 saturated heterocycles. The van der Waals surface area contributed by atoms with Gasteiger partial charge in [-0.15, -0.1) is 0 Å². The summed E-state index contributed by atoms with van der Waals surface area (Å²) in [6.07, 6.45) is 1.21. The van der Waals surface area contributed by atoms with Gasteiger partial charge in [-0.25, -0.2) is 27.0 Å². The fourth-order valence-corrected chi connectivity index (χ4v) is 5.96. The Morgan fingerprint density at radius 1 is 0.900 bits per heavy atom. The van der Waals surface area contributed by atoms with Crippen LogP contribution in [0.5, 0.6) is 0 Å². The number of carbonyl (C=O) groups is 1. The summed E-state index contributed by atoms with van der Waals surface area (Å²) in [4.78, 5) is 13.9. The zero-order valence-electron chi connectivity index (χ0n) is 14.9. The van der Waals surface area contributed by atoms with E-state index in [4.69, 9.17) is 34.1 Å². The van der Waals surface area contributed by atoms with Gasteiger partial charge in [0.2, 0.25) is 19.9 Å². The van der Waals surface area contributed by atoms with Gasteiger partial charge in [0.25, 0.3) is 5.91 Å². The van der Waals surface area contributed by atoms with E-state index in [1.807, 2.05) is 0 Å². The molecule has 2 aromatic carbocycles. The van der Waals surface area contributed by atoms with Gasteiger partial charge in [-0.3, -0.25) is 4.79 Å². The molecule has 0 spiro atoms. The third-order valence-corrected chi connectivity index (χ3v) is 7.83. The Morgan fingerprint density at radius 2 is 1.53 bits per heavy atom. The van der Waals surface area contributed by atoms with Crippen LogP contribution in [0.15, 0.2) is 69.4 Å². The number of primary amides is 1. The molecule has 0 aliphatic carbocycles. The molecule has 3 rings (SSSR count). The molecule has 0 aliphatic rings. The maximum Gasteiger partial charge on any atom is 0.268 e. The van der Waals surface area contributed by atoms with Crippen molar-refractivity contribution in [3.05, 3.63) is 70.5 Å². The molecule has 12 heteroatoms. The first kappa shape index (κ1) is 22.2. The van der Waals surface area contributed by atoms with E-state index in [9.17, 15) is 21.6 Å². The summed E-state index contributed by atoms with van der Waals surface area (Å²) in [5.74, 6) is -1.12. The maximum absolute atomic E-state index is 13.3. The number of amides is 1. The number of primary sulfonamides is 1. The van der Waals surface area contributed by atoms with Crippen LogP contribution >= 0.6 is 23.2 Å². The fraction of sp³-hybridized carbons (Fsp3) is 0. The van der Waals surface area contributed by atoms with E-state index in [1.165, 1.54) is 18.3 Å². The van der Waals surface area contributed by atoms with E-state index in [0.29, 0.717) is 5.56 Å². The Kier molecular flexibility index (Phi) is 5.89. The van der Waals surface area contributed by atoms with E-state index in [1.54, 1.807) is 18.2 Å². The molecule has 1 heterocycles. The smallest absolute Gasteiger partial charge is 0.268 e. The van der Waals surface area contributed by atoms with Crippen molar-refractivity contribution < 1.29 is 21.6 Å². The van der Waals surface area contributed by atoms with Crippen molar-refractivity contribution in [1.29, 1.82) is 0 Å². The minimum absolute atomic E-state index is 0.140. The molecule has 1 amide bonds. The Morgan fingerprint density at radius 3 is 2.13 bits per heavy atom. The number of nitrogens with zero attached hydrogens (tertiary/aromatic N) is 1. The molecule has 0 fully saturated rings. The lowest BCUT2D eigenvalue weighted by atomic mass is 10.1. The maximum atomic E-state index is 13.3. The minimum atomic E-state index is -4.58. The molecule has 0 bridgehead atoms. The molecule has 30 heavy (non-hydrogen) atoms. The number of aromatic nitrogens is 1. The van der Waals surface area contributed by atoms with Crippen molar-refractivity contribution >= 4 is 49.0 Å². The van der Waals surface area contributed by atoms with E-state index < -0.39 is 46.1 Å². The van der Waals surface area contributed by atoms with Gasteiger partial charge in [-0.1, -0.05) is 47.5 Å². The third-order valence-electron chi connectivity index (χ3n) is 4.08. The molecule has 0 atom stereocenters. The molecular weight excluding hydrogens is 473 g/mol. The number of benzene rings is 2. The van der Waals surface area contributed by atoms with E-state index >= 15 is 0 Å². The van der Waals surface area contributed by atoms with Crippen LogP contribution in [0.3, 0.4) is 0 Å². The van der Waals surface area contributed by atoms with Gasteiger partial charge in [0.05, 0.1) is 14.9 Å². The molecule has 0 radical (unpaired) electrons. The van der Waals surface area contributed by atoms with Crippen molar-refractivity contribution in [3.8, 4) is 11.1 Å². The van der Waals surface area contributed by atoms with Gasteiger partial charge in [-0.05, 0) is 24.3 Å².